The van der Waals surface area contributed by atoms with E-state index in [1.165, 1.54) is 5.39 Å². The molecule has 3 heteroatoms. The number of hydrogen-bond acceptors (Lipinski definition) is 2. The van der Waals surface area contributed by atoms with Gasteiger partial charge in [-0.25, -0.2) is 0 Å². The van der Waals surface area contributed by atoms with Crippen molar-refractivity contribution in [2.45, 2.75) is 6.92 Å². The largest absolute Gasteiger partial charge is 0.497 e. The van der Waals surface area contributed by atoms with E-state index in [2.05, 4.69) is 5.10 Å². The maximum atomic E-state index is 5.15. The van der Waals surface area contributed by atoms with Crippen molar-refractivity contribution >= 4 is 10.9 Å². The second kappa shape index (κ2) is 2.76. The van der Waals surface area contributed by atoms with Crippen LogP contribution >= 0.6 is 0 Å². The number of methoxy groups -OCH3 is 1. The van der Waals surface area contributed by atoms with Gasteiger partial charge in [0.15, 0.2) is 0 Å². The Labute approximate surface area is 76.9 Å². The van der Waals surface area contributed by atoms with E-state index < -0.39 is 0 Å². The summed E-state index contributed by atoms with van der Waals surface area (Å²) >= 11 is 0. The van der Waals surface area contributed by atoms with Crippen molar-refractivity contribution in [1.29, 1.82) is 0 Å². The van der Waals surface area contributed by atoms with Crippen LogP contribution in [0.1, 0.15) is 5.69 Å². The van der Waals surface area contributed by atoms with Gasteiger partial charge in [0.25, 0.3) is 0 Å². The van der Waals surface area contributed by atoms with E-state index in [-0.39, 0.29) is 0 Å². The lowest BCUT2D eigenvalue weighted by Gasteiger charge is -1.99. The molecule has 0 saturated carbocycles. The van der Waals surface area contributed by atoms with Crippen LogP contribution in [0, 0.1) is 6.92 Å². The number of aromatic nitrogens is 2. The minimum absolute atomic E-state index is 0.871. The van der Waals surface area contributed by atoms with Crippen LogP contribution in [-0.2, 0) is 7.05 Å². The van der Waals surface area contributed by atoms with Crippen LogP contribution in [0.2, 0.25) is 0 Å². The average Bonchev–Trinajstić information content (AvgIpc) is 2.42. The molecule has 2 aromatic rings. The van der Waals surface area contributed by atoms with Crippen molar-refractivity contribution in [2.75, 3.05) is 7.11 Å². The average molecular weight is 176 g/mol. The predicted octanol–water partition coefficient (Wildman–Crippen LogP) is 1.89. The minimum Gasteiger partial charge on any atom is -0.497 e. The van der Waals surface area contributed by atoms with Crippen LogP contribution in [-0.4, -0.2) is 16.9 Å². The van der Waals surface area contributed by atoms with Gasteiger partial charge >= 0.3 is 0 Å². The molecule has 2 rings (SSSR count). The second-order valence-electron chi connectivity index (χ2n) is 3.09. The summed E-state index contributed by atoms with van der Waals surface area (Å²) in [5, 5.41) is 5.51. The minimum atomic E-state index is 0.871. The molecule has 0 saturated heterocycles. The van der Waals surface area contributed by atoms with Crippen molar-refractivity contribution < 1.29 is 4.74 Å². The number of rotatable bonds is 1. The lowest BCUT2D eigenvalue weighted by Crippen LogP contribution is -1.90. The zero-order valence-corrected chi connectivity index (χ0v) is 8.03. The summed E-state index contributed by atoms with van der Waals surface area (Å²) in [6.45, 7) is 2.01. The van der Waals surface area contributed by atoms with Gasteiger partial charge in [-0.2, -0.15) is 5.10 Å². The Hall–Kier alpha value is -1.51. The van der Waals surface area contributed by atoms with Crippen LogP contribution in [0.25, 0.3) is 10.9 Å². The molecule has 0 amide bonds. The van der Waals surface area contributed by atoms with Gasteiger partial charge in [0.05, 0.1) is 18.3 Å². The van der Waals surface area contributed by atoms with Gasteiger partial charge in [0.1, 0.15) is 5.75 Å². The maximum absolute atomic E-state index is 5.15. The Morgan fingerprint density at radius 1 is 1.38 bits per heavy atom. The van der Waals surface area contributed by atoms with Crippen LogP contribution in [0.15, 0.2) is 18.2 Å². The van der Waals surface area contributed by atoms with E-state index in [0.29, 0.717) is 0 Å². The van der Waals surface area contributed by atoms with Gasteiger partial charge in [-0.3, -0.25) is 4.68 Å². The highest BCUT2D eigenvalue weighted by atomic mass is 16.5. The fraction of sp³-hybridized carbons (Fsp3) is 0.300. The van der Waals surface area contributed by atoms with E-state index in [0.717, 1.165) is 17.0 Å². The topological polar surface area (TPSA) is 27.1 Å². The van der Waals surface area contributed by atoms with Crippen molar-refractivity contribution in [2.24, 2.45) is 7.05 Å². The molecule has 0 aliphatic rings. The third-order valence-corrected chi connectivity index (χ3v) is 2.24. The molecule has 0 fully saturated rings. The monoisotopic (exact) mass is 176 g/mol. The van der Waals surface area contributed by atoms with E-state index in [1.807, 2.05) is 36.9 Å². The molecule has 0 aliphatic carbocycles. The summed E-state index contributed by atoms with van der Waals surface area (Å²) in [4.78, 5) is 0. The quantitative estimate of drug-likeness (QED) is 0.663. The SMILES string of the molecule is COc1ccc2c(C)nn(C)c2c1. The maximum Gasteiger partial charge on any atom is 0.121 e. The third-order valence-electron chi connectivity index (χ3n) is 2.24. The molecule has 0 bridgehead atoms. The number of benzene rings is 1. The smallest absolute Gasteiger partial charge is 0.121 e. The molecule has 1 aromatic carbocycles. The van der Waals surface area contributed by atoms with Gasteiger partial charge in [0.2, 0.25) is 0 Å². The molecule has 1 aromatic heterocycles. The fourth-order valence-corrected chi connectivity index (χ4v) is 1.54. The summed E-state index contributed by atoms with van der Waals surface area (Å²) in [6.07, 6.45) is 0. The number of nitrogens with zero attached hydrogens (tertiary/aromatic N) is 2. The van der Waals surface area contributed by atoms with Crippen LogP contribution < -0.4 is 4.74 Å². The summed E-state index contributed by atoms with van der Waals surface area (Å²) in [7, 11) is 3.61. The first kappa shape index (κ1) is 8.10. The molecule has 1 heterocycles. The first-order chi connectivity index (χ1) is 6.22. The van der Waals surface area contributed by atoms with Gasteiger partial charge < -0.3 is 4.74 Å². The van der Waals surface area contributed by atoms with Crippen molar-refractivity contribution in [3.05, 3.63) is 23.9 Å². The molecular weight excluding hydrogens is 164 g/mol. The normalized spacial score (nSPS) is 10.7. The molecule has 0 N–H and O–H groups in total. The number of ether oxygens (including phenoxy) is 1. The zero-order chi connectivity index (χ0) is 9.42. The molecule has 0 radical (unpaired) electrons. The number of aryl methyl sites for hydroxylation is 2. The van der Waals surface area contributed by atoms with Gasteiger partial charge in [-0.05, 0) is 19.1 Å². The Bertz CT molecular complexity index is 445. The van der Waals surface area contributed by atoms with Crippen LogP contribution in [0.4, 0.5) is 0 Å². The Morgan fingerprint density at radius 2 is 2.15 bits per heavy atom. The number of fused-ring (bicyclic) bond motifs is 1. The van der Waals surface area contributed by atoms with E-state index in [9.17, 15) is 0 Å². The van der Waals surface area contributed by atoms with Gasteiger partial charge in [-0.1, -0.05) is 0 Å². The molecule has 0 atom stereocenters. The third kappa shape index (κ3) is 1.16. The van der Waals surface area contributed by atoms with Gasteiger partial charge in [-0.15, -0.1) is 0 Å². The zero-order valence-electron chi connectivity index (χ0n) is 8.03. The summed E-state index contributed by atoms with van der Waals surface area (Å²) in [6, 6.07) is 5.99. The Kier molecular flexibility index (Phi) is 1.72. The molecule has 3 nitrogen and oxygen atoms in total. The van der Waals surface area contributed by atoms with Gasteiger partial charge in [0, 0.05) is 18.5 Å². The standard InChI is InChI=1S/C10H12N2O/c1-7-9-5-4-8(13-3)6-10(9)12(2)11-7/h4-6H,1-3H3. The molecule has 13 heavy (non-hydrogen) atoms. The van der Waals surface area contributed by atoms with E-state index >= 15 is 0 Å². The lowest BCUT2D eigenvalue weighted by atomic mass is 10.2. The first-order valence-electron chi connectivity index (χ1n) is 4.19. The van der Waals surface area contributed by atoms with Crippen molar-refractivity contribution in [3.63, 3.8) is 0 Å². The highest BCUT2D eigenvalue weighted by Crippen LogP contribution is 2.22. The fourth-order valence-electron chi connectivity index (χ4n) is 1.54. The Morgan fingerprint density at radius 3 is 2.85 bits per heavy atom. The second-order valence-corrected chi connectivity index (χ2v) is 3.09. The predicted molar refractivity (Wildman–Crippen MR) is 52.0 cm³/mol. The van der Waals surface area contributed by atoms with Crippen LogP contribution in [0.5, 0.6) is 5.75 Å². The summed E-state index contributed by atoms with van der Waals surface area (Å²) in [5.41, 5.74) is 2.16. The van der Waals surface area contributed by atoms with E-state index in [4.69, 9.17) is 4.74 Å². The Balaban J connectivity index is 2.76. The first-order valence-corrected chi connectivity index (χ1v) is 4.19. The molecule has 0 unspecified atom stereocenters. The molecule has 0 spiro atoms. The summed E-state index contributed by atoms with van der Waals surface area (Å²) < 4.78 is 7.01. The highest BCUT2D eigenvalue weighted by molar-refractivity contribution is 5.83. The van der Waals surface area contributed by atoms with E-state index in [1.54, 1.807) is 7.11 Å². The van der Waals surface area contributed by atoms with Crippen molar-refractivity contribution in [1.82, 2.24) is 9.78 Å². The van der Waals surface area contributed by atoms with Crippen LogP contribution in [0.3, 0.4) is 0 Å². The highest BCUT2D eigenvalue weighted by Gasteiger charge is 2.04. The molecule has 0 aliphatic heterocycles. The molecular formula is C10H12N2O. The lowest BCUT2D eigenvalue weighted by molar-refractivity contribution is 0.415. The number of hydrogen-bond donors (Lipinski definition) is 0. The molecule has 68 valence electrons. The summed E-state index contributed by atoms with van der Waals surface area (Å²) in [5.74, 6) is 0.871. The van der Waals surface area contributed by atoms with Crippen molar-refractivity contribution in [3.8, 4) is 5.75 Å².